The number of aliphatic hydroxyl groups is 1. The Hall–Kier alpha value is -1.01. The number of esters is 1. The molecule has 0 fully saturated rings. The molecule has 0 rings (SSSR count). The molecule has 0 heterocycles. The molecule has 0 saturated heterocycles. The molecule has 0 saturated carbocycles. The van der Waals surface area contributed by atoms with Crippen molar-refractivity contribution in [3.05, 3.63) is 0 Å². The molecule has 0 aromatic carbocycles. The second-order valence-electron chi connectivity index (χ2n) is 2.91. The standard InChI is InChI=1S/C9H14O3/c1-7(2)6-8(10)4-5-9(11)12-3/h7-8,10H,6H2,1-3H3/t8-/m1/s1. The second-order valence-corrected chi connectivity index (χ2v) is 2.91. The van der Waals surface area contributed by atoms with Crippen molar-refractivity contribution in [2.24, 2.45) is 5.92 Å². The van der Waals surface area contributed by atoms with Gasteiger partial charge in [-0.3, -0.25) is 0 Å². The van der Waals surface area contributed by atoms with Gasteiger partial charge in [0.1, 0.15) is 6.10 Å². The summed E-state index contributed by atoms with van der Waals surface area (Å²) in [7, 11) is 1.26. The molecule has 0 spiro atoms. The van der Waals surface area contributed by atoms with Crippen LogP contribution in [0.4, 0.5) is 0 Å². The molecule has 0 aromatic rings. The highest BCUT2D eigenvalue weighted by atomic mass is 16.5. The maximum Gasteiger partial charge on any atom is 0.384 e. The Morgan fingerprint density at radius 2 is 2.17 bits per heavy atom. The minimum atomic E-state index is -0.732. The number of ether oxygens (including phenoxy) is 1. The zero-order valence-corrected chi connectivity index (χ0v) is 7.63. The van der Waals surface area contributed by atoms with Gasteiger partial charge in [-0.2, -0.15) is 0 Å². The van der Waals surface area contributed by atoms with Crippen molar-refractivity contribution in [2.45, 2.75) is 26.4 Å². The first-order chi connectivity index (χ1) is 5.56. The fourth-order valence-electron chi connectivity index (χ4n) is 0.699. The topological polar surface area (TPSA) is 46.5 Å². The molecule has 0 aliphatic carbocycles. The average Bonchev–Trinajstić information content (AvgIpc) is 1.99. The normalized spacial score (nSPS) is 11.8. The molecule has 0 aliphatic rings. The Labute approximate surface area is 72.7 Å². The number of aliphatic hydroxyl groups excluding tert-OH is 1. The van der Waals surface area contributed by atoms with E-state index >= 15 is 0 Å². The number of hydrogen-bond acceptors (Lipinski definition) is 3. The molecule has 0 bridgehead atoms. The predicted molar refractivity (Wildman–Crippen MR) is 45.3 cm³/mol. The molecular weight excluding hydrogens is 156 g/mol. The average molecular weight is 170 g/mol. The highest BCUT2D eigenvalue weighted by Gasteiger charge is 2.02. The third-order valence-corrected chi connectivity index (χ3v) is 1.22. The molecule has 12 heavy (non-hydrogen) atoms. The predicted octanol–water partition coefficient (Wildman–Crippen LogP) is 0.570. The van der Waals surface area contributed by atoms with Gasteiger partial charge in [-0.25, -0.2) is 4.79 Å². The fraction of sp³-hybridized carbons (Fsp3) is 0.667. The molecule has 0 aromatic heterocycles. The van der Waals surface area contributed by atoms with E-state index in [-0.39, 0.29) is 0 Å². The summed E-state index contributed by atoms with van der Waals surface area (Å²) in [5.41, 5.74) is 0. The molecule has 0 unspecified atom stereocenters. The summed E-state index contributed by atoms with van der Waals surface area (Å²) in [6.45, 7) is 3.95. The Balaban J connectivity index is 3.86. The van der Waals surface area contributed by atoms with Crippen LogP contribution in [0.3, 0.4) is 0 Å². The lowest BCUT2D eigenvalue weighted by atomic mass is 10.1. The monoisotopic (exact) mass is 170 g/mol. The Bertz CT molecular complexity index is 198. The minimum absolute atomic E-state index is 0.368. The Morgan fingerprint density at radius 1 is 1.58 bits per heavy atom. The highest BCUT2D eigenvalue weighted by molar-refractivity contribution is 5.88. The van der Waals surface area contributed by atoms with Crippen LogP contribution in [-0.2, 0) is 9.53 Å². The molecule has 3 nitrogen and oxygen atoms in total. The van der Waals surface area contributed by atoms with Gasteiger partial charge < -0.3 is 9.84 Å². The molecule has 0 radical (unpaired) electrons. The minimum Gasteiger partial charge on any atom is -0.459 e. The van der Waals surface area contributed by atoms with Gasteiger partial charge in [0.2, 0.25) is 0 Å². The van der Waals surface area contributed by atoms with Crippen molar-refractivity contribution < 1.29 is 14.6 Å². The smallest absolute Gasteiger partial charge is 0.384 e. The zero-order chi connectivity index (χ0) is 9.56. The number of rotatable bonds is 2. The first-order valence-corrected chi connectivity index (χ1v) is 3.83. The van der Waals surface area contributed by atoms with Crippen LogP contribution in [0.1, 0.15) is 20.3 Å². The van der Waals surface area contributed by atoms with Crippen LogP contribution in [0.15, 0.2) is 0 Å². The molecule has 3 heteroatoms. The van der Waals surface area contributed by atoms with E-state index in [4.69, 9.17) is 0 Å². The summed E-state index contributed by atoms with van der Waals surface area (Å²) in [5.74, 6) is 4.33. The van der Waals surface area contributed by atoms with Gasteiger partial charge in [-0.05, 0) is 12.3 Å². The van der Waals surface area contributed by atoms with Crippen LogP contribution in [0.2, 0.25) is 0 Å². The van der Waals surface area contributed by atoms with Crippen LogP contribution in [0.25, 0.3) is 0 Å². The van der Waals surface area contributed by atoms with Crippen molar-refractivity contribution in [1.82, 2.24) is 0 Å². The third-order valence-electron chi connectivity index (χ3n) is 1.22. The van der Waals surface area contributed by atoms with Gasteiger partial charge >= 0.3 is 5.97 Å². The van der Waals surface area contributed by atoms with Gasteiger partial charge in [0.15, 0.2) is 0 Å². The van der Waals surface area contributed by atoms with Crippen LogP contribution in [-0.4, -0.2) is 24.3 Å². The Kier molecular flexibility index (Phi) is 5.14. The van der Waals surface area contributed by atoms with E-state index in [1.54, 1.807) is 0 Å². The number of carbonyl (C=O) groups is 1. The van der Waals surface area contributed by atoms with Gasteiger partial charge in [0.25, 0.3) is 0 Å². The summed E-state index contributed by atoms with van der Waals surface area (Å²) in [6.07, 6.45) is -0.159. The van der Waals surface area contributed by atoms with Gasteiger partial charge in [-0.15, -0.1) is 0 Å². The zero-order valence-electron chi connectivity index (χ0n) is 7.63. The second kappa shape index (κ2) is 5.62. The van der Waals surface area contributed by atoms with Gasteiger partial charge in [-0.1, -0.05) is 19.8 Å². The molecule has 1 N–H and O–H groups in total. The van der Waals surface area contributed by atoms with Crippen molar-refractivity contribution >= 4 is 5.97 Å². The van der Waals surface area contributed by atoms with E-state index in [1.807, 2.05) is 13.8 Å². The molecular formula is C9H14O3. The molecule has 68 valence electrons. The van der Waals surface area contributed by atoms with Crippen LogP contribution in [0.5, 0.6) is 0 Å². The van der Waals surface area contributed by atoms with Crippen LogP contribution in [0, 0.1) is 17.8 Å². The van der Waals surface area contributed by atoms with E-state index in [1.165, 1.54) is 7.11 Å². The van der Waals surface area contributed by atoms with Crippen LogP contribution < -0.4 is 0 Å². The van der Waals surface area contributed by atoms with Crippen molar-refractivity contribution in [2.75, 3.05) is 7.11 Å². The molecule has 0 aliphatic heterocycles. The maximum absolute atomic E-state index is 10.5. The van der Waals surface area contributed by atoms with E-state index < -0.39 is 12.1 Å². The first kappa shape index (κ1) is 11.0. The Morgan fingerprint density at radius 3 is 2.58 bits per heavy atom. The maximum atomic E-state index is 10.5. The van der Waals surface area contributed by atoms with Crippen LogP contribution >= 0.6 is 0 Å². The summed E-state index contributed by atoms with van der Waals surface area (Å²) in [5, 5.41) is 9.18. The van der Waals surface area contributed by atoms with Crippen molar-refractivity contribution in [1.29, 1.82) is 0 Å². The van der Waals surface area contributed by atoms with E-state index in [2.05, 4.69) is 16.6 Å². The lowest BCUT2D eigenvalue weighted by Gasteiger charge is -2.04. The largest absolute Gasteiger partial charge is 0.459 e. The third kappa shape index (κ3) is 5.75. The lowest BCUT2D eigenvalue weighted by molar-refractivity contribution is -0.133. The number of carbonyl (C=O) groups excluding carboxylic acids is 1. The van der Waals surface area contributed by atoms with E-state index in [0.717, 1.165) is 0 Å². The molecule has 0 amide bonds. The van der Waals surface area contributed by atoms with E-state index in [9.17, 15) is 9.90 Å². The summed E-state index contributed by atoms with van der Waals surface area (Å²) in [4.78, 5) is 10.5. The summed E-state index contributed by atoms with van der Waals surface area (Å²) >= 11 is 0. The fourth-order valence-corrected chi connectivity index (χ4v) is 0.699. The SMILES string of the molecule is COC(=O)C#C[C@@H](O)CC(C)C. The van der Waals surface area contributed by atoms with Crippen molar-refractivity contribution in [3.8, 4) is 11.8 Å². The number of methoxy groups -OCH3 is 1. The quantitative estimate of drug-likeness (QED) is 0.374. The number of hydrogen-bond donors (Lipinski definition) is 1. The van der Waals surface area contributed by atoms with Gasteiger partial charge in [0.05, 0.1) is 7.11 Å². The summed E-state index contributed by atoms with van der Waals surface area (Å²) < 4.78 is 4.28. The highest BCUT2D eigenvalue weighted by Crippen LogP contribution is 2.02. The molecule has 1 atom stereocenters. The lowest BCUT2D eigenvalue weighted by Crippen LogP contribution is -2.08. The van der Waals surface area contributed by atoms with Gasteiger partial charge in [0, 0.05) is 5.92 Å². The first-order valence-electron chi connectivity index (χ1n) is 3.83. The summed E-state index contributed by atoms with van der Waals surface area (Å²) in [6, 6.07) is 0. The van der Waals surface area contributed by atoms with E-state index in [0.29, 0.717) is 12.3 Å². The van der Waals surface area contributed by atoms with Crippen molar-refractivity contribution in [3.63, 3.8) is 0 Å².